The number of hydrogen-bond acceptors (Lipinski definition) is 3. The molecule has 0 spiro atoms. The Bertz CT molecular complexity index is 927. The Labute approximate surface area is 159 Å². The molecular weight excluding hydrogens is 439 g/mol. The van der Waals surface area contributed by atoms with Gasteiger partial charge < -0.3 is 14.0 Å². The first kappa shape index (κ1) is 19.7. The SMILES string of the molecule is Cn1cc(C(F)(F)F)cc(OCF)c1=NC1CCOc2c1ccc(Br)c2F. The van der Waals surface area contributed by atoms with Crippen molar-refractivity contribution in [1.29, 1.82) is 0 Å². The molecule has 1 atom stereocenters. The molecule has 0 fully saturated rings. The molecule has 10 heteroatoms. The van der Waals surface area contributed by atoms with Crippen LogP contribution in [-0.4, -0.2) is 18.0 Å². The minimum absolute atomic E-state index is 0.0156. The van der Waals surface area contributed by atoms with Gasteiger partial charge in [-0.1, -0.05) is 6.07 Å². The third-order valence-electron chi connectivity index (χ3n) is 4.07. The Morgan fingerprint density at radius 3 is 2.78 bits per heavy atom. The van der Waals surface area contributed by atoms with Gasteiger partial charge in [0.15, 0.2) is 22.8 Å². The summed E-state index contributed by atoms with van der Waals surface area (Å²) in [6.07, 6.45) is -3.40. The molecule has 0 N–H and O–H groups in total. The first-order chi connectivity index (χ1) is 12.7. The van der Waals surface area contributed by atoms with E-state index in [0.717, 1.165) is 10.8 Å². The molecule has 0 radical (unpaired) electrons. The summed E-state index contributed by atoms with van der Waals surface area (Å²) in [4.78, 5) is 4.41. The number of fused-ring (bicyclic) bond motifs is 1. The van der Waals surface area contributed by atoms with E-state index in [0.29, 0.717) is 18.1 Å². The molecule has 1 aromatic carbocycles. The van der Waals surface area contributed by atoms with Crippen molar-refractivity contribution in [2.24, 2.45) is 12.0 Å². The molecular formula is C17H14BrF5N2O2. The average Bonchev–Trinajstić information content (AvgIpc) is 2.60. The highest BCUT2D eigenvalue weighted by Crippen LogP contribution is 2.39. The fourth-order valence-corrected chi connectivity index (χ4v) is 3.14. The standard InChI is InChI=1S/C17H14BrF5N2O2/c1-25-7-9(17(21,22)23)6-13(27-8-19)16(25)24-12-4-5-26-15-10(12)2-3-11(18)14(15)20/h2-3,6-7,12H,4-5,8H2,1H3. The van der Waals surface area contributed by atoms with E-state index in [9.17, 15) is 22.0 Å². The highest BCUT2D eigenvalue weighted by Gasteiger charge is 2.32. The van der Waals surface area contributed by atoms with Crippen molar-refractivity contribution in [3.8, 4) is 11.5 Å². The van der Waals surface area contributed by atoms with E-state index in [-0.39, 0.29) is 28.1 Å². The lowest BCUT2D eigenvalue weighted by molar-refractivity contribution is -0.138. The Hall–Kier alpha value is -2.10. The Kier molecular flexibility index (Phi) is 5.45. The highest BCUT2D eigenvalue weighted by molar-refractivity contribution is 9.10. The van der Waals surface area contributed by atoms with Gasteiger partial charge in [0.25, 0.3) is 0 Å². The molecule has 1 aliphatic heterocycles. The molecule has 0 bridgehead atoms. The molecule has 1 unspecified atom stereocenters. The molecule has 0 saturated carbocycles. The van der Waals surface area contributed by atoms with Gasteiger partial charge in [0.2, 0.25) is 6.86 Å². The summed E-state index contributed by atoms with van der Waals surface area (Å²) in [5.41, 5.74) is -0.523. The minimum Gasteiger partial charge on any atom is -0.490 e. The maximum absolute atomic E-state index is 14.2. The first-order valence-corrected chi connectivity index (χ1v) is 8.63. The third-order valence-corrected chi connectivity index (χ3v) is 4.68. The number of alkyl halides is 4. The lowest BCUT2D eigenvalue weighted by Gasteiger charge is -2.24. The molecule has 27 heavy (non-hydrogen) atoms. The number of aryl methyl sites for hydroxylation is 1. The number of aromatic nitrogens is 1. The predicted octanol–water partition coefficient (Wildman–Crippen LogP) is 4.68. The Morgan fingerprint density at radius 1 is 1.37 bits per heavy atom. The lowest BCUT2D eigenvalue weighted by atomic mass is 10.0. The van der Waals surface area contributed by atoms with Crippen LogP contribution in [0.4, 0.5) is 22.0 Å². The number of ether oxygens (including phenoxy) is 2. The van der Waals surface area contributed by atoms with E-state index in [2.05, 4.69) is 20.9 Å². The number of rotatable bonds is 3. The maximum atomic E-state index is 14.2. The number of benzene rings is 1. The van der Waals surface area contributed by atoms with E-state index < -0.39 is 30.5 Å². The molecule has 4 nitrogen and oxygen atoms in total. The average molecular weight is 453 g/mol. The van der Waals surface area contributed by atoms with Crippen LogP contribution in [0.15, 0.2) is 33.9 Å². The van der Waals surface area contributed by atoms with Gasteiger partial charge in [-0.25, -0.2) is 8.78 Å². The molecule has 1 aromatic heterocycles. The minimum atomic E-state index is -4.62. The van der Waals surface area contributed by atoms with E-state index >= 15 is 0 Å². The van der Waals surface area contributed by atoms with Gasteiger partial charge in [-0.2, -0.15) is 13.2 Å². The second-order valence-electron chi connectivity index (χ2n) is 5.84. The number of nitrogens with zero attached hydrogens (tertiary/aromatic N) is 2. The van der Waals surface area contributed by atoms with Crippen molar-refractivity contribution in [2.45, 2.75) is 18.6 Å². The van der Waals surface area contributed by atoms with E-state index in [4.69, 9.17) is 9.47 Å². The summed E-state index contributed by atoms with van der Waals surface area (Å²) in [7, 11) is 1.35. The topological polar surface area (TPSA) is 35.8 Å². The highest BCUT2D eigenvalue weighted by atomic mass is 79.9. The first-order valence-electron chi connectivity index (χ1n) is 7.83. The van der Waals surface area contributed by atoms with Crippen molar-refractivity contribution in [2.75, 3.05) is 13.5 Å². The summed E-state index contributed by atoms with van der Waals surface area (Å²) in [6, 6.07) is 3.23. The van der Waals surface area contributed by atoms with Gasteiger partial charge >= 0.3 is 6.18 Å². The van der Waals surface area contributed by atoms with E-state index in [1.54, 1.807) is 6.07 Å². The predicted molar refractivity (Wildman–Crippen MR) is 89.5 cm³/mol. The molecule has 0 saturated heterocycles. The molecule has 0 amide bonds. The van der Waals surface area contributed by atoms with Crippen LogP contribution >= 0.6 is 15.9 Å². The largest absolute Gasteiger partial charge is 0.490 e. The van der Waals surface area contributed by atoms with Crippen molar-refractivity contribution in [3.63, 3.8) is 0 Å². The van der Waals surface area contributed by atoms with Crippen LogP contribution in [-0.2, 0) is 13.2 Å². The van der Waals surface area contributed by atoms with Gasteiger partial charge in [0.1, 0.15) is 0 Å². The van der Waals surface area contributed by atoms with Gasteiger partial charge in [-0.05, 0) is 28.1 Å². The van der Waals surface area contributed by atoms with E-state index in [1.807, 2.05) is 0 Å². The summed E-state index contributed by atoms with van der Waals surface area (Å²) in [6.45, 7) is -1.13. The molecule has 0 aliphatic carbocycles. The Balaban J connectivity index is 2.15. The van der Waals surface area contributed by atoms with Crippen LogP contribution in [0, 0.1) is 5.82 Å². The number of pyridine rings is 1. The van der Waals surface area contributed by atoms with Gasteiger partial charge in [-0.15, -0.1) is 0 Å². The summed E-state index contributed by atoms with van der Waals surface area (Å²) < 4.78 is 77.4. The van der Waals surface area contributed by atoms with Crippen LogP contribution in [0.1, 0.15) is 23.6 Å². The summed E-state index contributed by atoms with van der Waals surface area (Å²) in [5.74, 6) is -0.892. The van der Waals surface area contributed by atoms with Crippen molar-refractivity contribution in [3.05, 3.63) is 51.3 Å². The van der Waals surface area contributed by atoms with Crippen LogP contribution in [0.3, 0.4) is 0 Å². The van der Waals surface area contributed by atoms with Crippen LogP contribution in [0.5, 0.6) is 11.5 Å². The molecule has 1 aliphatic rings. The molecule has 2 aromatic rings. The molecule has 3 rings (SSSR count). The number of hydrogen-bond donors (Lipinski definition) is 0. The van der Waals surface area contributed by atoms with E-state index in [1.165, 1.54) is 13.1 Å². The Morgan fingerprint density at radius 2 is 2.11 bits per heavy atom. The smallest absolute Gasteiger partial charge is 0.417 e. The monoisotopic (exact) mass is 452 g/mol. The molecule has 2 heterocycles. The normalized spacial score (nSPS) is 17.4. The van der Waals surface area contributed by atoms with Crippen molar-refractivity contribution < 1.29 is 31.4 Å². The zero-order valence-corrected chi connectivity index (χ0v) is 15.6. The van der Waals surface area contributed by atoms with Crippen LogP contribution in [0.2, 0.25) is 0 Å². The van der Waals surface area contributed by atoms with Crippen molar-refractivity contribution >= 4 is 15.9 Å². The fourth-order valence-electron chi connectivity index (χ4n) is 2.83. The third kappa shape index (κ3) is 3.95. The number of halogens is 6. The summed E-state index contributed by atoms with van der Waals surface area (Å²) >= 11 is 3.07. The zero-order valence-electron chi connectivity index (χ0n) is 14.0. The van der Waals surface area contributed by atoms with Crippen LogP contribution in [0.25, 0.3) is 0 Å². The molecule has 146 valence electrons. The van der Waals surface area contributed by atoms with Gasteiger partial charge in [0.05, 0.1) is 22.7 Å². The maximum Gasteiger partial charge on any atom is 0.417 e. The zero-order chi connectivity index (χ0) is 19.8. The summed E-state index contributed by atoms with van der Waals surface area (Å²) in [5, 5.41) is 0. The van der Waals surface area contributed by atoms with Crippen LogP contribution < -0.4 is 15.0 Å². The quantitative estimate of drug-likeness (QED) is 0.634. The van der Waals surface area contributed by atoms with Crippen molar-refractivity contribution in [1.82, 2.24) is 4.57 Å². The second kappa shape index (κ2) is 7.49. The lowest BCUT2D eigenvalue weighted by Crippen LogP contribution is -2.25. The second-order valence-corrected chi connectivity index (χ2v) is 6.69. The van der Waals surface area contributed by atoms with Gasteiger partial charge in [-0.3, -0.25) is 4.99 Å². The fraction of sp³-hybridized carbons (Fsp3) is 0.353. The van der Waals surface area contributed by atoms with Gasteiger partial charge in [0, 0.05) is 25.2 Å².